The zero-order valence-electron chi connectivity index (χ0n) is 11.4. The SMILES string of the molecule is CCCN(C(=O)Cc1ccccc1)C(C)(C)C. The fourth-order valence-electron chi connectivity index (χ4n) is 1.92. The van der Waals surface area contributed by atoms with E-state index in [1.807, 2.05) is 35.2 Å². The molecule has 2 heteroatoms. The number of hydrogen-bond acceptors (Lipinski definition) is 1. The summed E-state index contributed by atoms with van der Waals surface area (Å²) in [7, 11) is 0. The number of rotatable bonds is 4. The van der Waals surface area contributed by atoms with Crippen molar-refractivity contribution < 1.29 is 4.79 Å². The molecule has 0 fully saturated rings. The third-order valence-electron chi connectivity index (χ3n) is 2.76. The molecule has 17 heavy (non-hydrogen) atoms. The smallest absolute Gasteiger partial charge is 0.227 e. The van der Waals surface area contributed by atoms with Crippen LogP contribution in [0.15, 0.2) is 30.3 Å². The maximum atomic E-state index is 12.3. The number of hydrogen-bond donors (Lipinski definition) is 0. The Morgan fingerprint density at radius 2 is 1.76 bits per heavy atom. The zero-order valence-corrected chi connectivity index (χ0v) is 11.4. The van der Waals surface area contributed by atoms with E-state index in [0.717, 1.165) is 18.5 Å². The van der Waals surface area contributed by atoms with E-state index in [0.29, 0.717) is 6.42 Å². The minimum Gasteiger partial charge on any atom is -0.338 e. The van der Waals surface area contributed by atoms with Crippen LogP contribution in [-0.4, -0.2) is 22.9 Å². The monoisotopic (exact) mass is 233 g/mol. The summed E-state index contributed by atoms with van der Waals surface area (Å²) in [4.78, 5) is 14.2. The highest BCUT2D eigenvalue weighted by molar-refractivity contribution is 5.79. The van der Waals surface area contributed by atoms with Crippen LogP contribution in [0.2, 0.25) is 0 Å². The van der Waals surface area contributed by atoms with Gasteiger partial charge in [-0.3, -0.25) is 4.79 Å². The predicted molar refractivity (Wildman–Crippen MR) is 71.9 cm³/mol. The summed E-state index contributed by atoms with van der Waals surface area (Å²) in [6.45, 7) is 9.20. The van der Waals surface area contributed by atoms with Gasteiger partial charge in [-0.05, 0) is 32.8 Å². The average Bonchev–Trinajstić information content (AvgIpc) is 2.25. The standard InChI is InChI=1S/C15H23NO/c1-5-11-16(15(2,3)4)14(17)12-13-9-7-6-8-10-13/h6-10H,5,11-12H2,1-4H3. The number of nitrogens with zero attached hydrogens (tertiary/aromatic N) is 1. The van der Waals surface area contributed by atoms with Gasteiger partial charge in [0.1, 0.15) is 0 Å². The summed E-state index contributed by atoms with van der Waals surface area (Å²) in [6.07, 6.45) is 1.50. The van der Waals surface area contributed by atoms with Gasteiger partial charge in [0, 0.05) is 12.1 Å². The van der Waals surface area contributed by atoms with E-state index in [1.54, 1.807) is 0 Å². The molecule has 0 aliphatic rings. The normalized spacial score (nSPS) is 11.3. The maximum absolute atomic E-state index is 12.3. The van der Waals surface area contributed by atoms with Crippen LogP contribution in [0.1, 0.15) is 39.7 Å². The Morgan fingerprint density at radius 1 is 1.18 bits per heavy atom. The van der Waals surface area contributed by atoms with Crippen LogP contribution in [0.4, 0.5) is 0 Å². The van der Waals surface area contributed by atoms with E-state index in [4.69, 9.17) is 0 Å². The summed E-state index contributed by atoms with van der Waals surface area (Å²) in [6, 6.07) is 9.94. The fourth-order valence-corrected chi connectivity index (χ4v) is 1.92. The van der Waals surface area contributed by atoms with Crippen molar-refractivity contribution in [2.24, 2.45) is 0 Å². The lowest BCUT2D eigenvalue weighted by atomic mass is 10.0. The molecule has 1 aromatic rings. The molecular weight excluding hydrogens is 210 g/mol. The van der Waals surface area contributed by atoms with Crippen LogP contribution in [-0.2, 0) is 11.2 Å². The predicted octanol–water partition coefficient (Wildman–Crippen LogP) is 3.27. The Morgan fingerprint density at radius 3 is 2.24 bits per heavy atom. The quantitative estimate of drug-likeness (QED) is 0.781. The number of carbonyl (C=O) groups excluding carboxylic acids is 1. The van der Waals surface area contributed by atoms with Crippen molar-refractivity contribution in [2.75, 3.05) is 6.54 Å². The molecule has 0 unspecified atom stereocenters. The van der Waals surface area contributed by atoms with E-state index >= 15 is 0 Å². The largest absolute Gasteiger partial charge is 0.338 e. The fraction of sp³-hybridized carbons (Fsp3) is 0.533. The molecule has 1 rings (SSSR count). The molecule has 0 heterocycles. The van der Waals surface area contributed by atoms with Crippen LogP contribution in [0, 0.1) is 0 Å². The summed E-state index contributed by atoms with van der Waals surface area (Å²) >= 11 is 0. The van der Waals surface area contributed by atoms with Gasteiger partial charge in [-0.15, -0.1) is 0 Å². The topological polar surface area (TPSA) is 20.3 Å². The van der Waals surface area contributed by atoms with Crippen molar-refractivity contribution >= 4 is 5.91 Å². The molecule has 0 aliphatic heterocycles. The molecule has 94 valence electrons. The van der Waals surface area contributed by atoms with Crippen LogP contribution in [0.5, 0.6) is 0 Å². The first-order valence-electron chi connectivity index (χ1n) is 6.29. The van der Waals surface area contributed by atoms with Crippen LogP contribution < -0.4 is 0 Å². The molecular formula is C15H23NO. The van der Waals surface area contributed by atoms with Crippen LogP contribution in [0.25, 0.3) is 0 Å². The summed E-state index contributed by atoms with van der Waals surface area (Å²) in [5.74, 6) is 0.213. The van der Waals surface area contributed by atoms with E-state index in [2.05, 4.69) is 27.7 Å². The molecule has 0 saturated heterocycles. The molecule has 1 aromatic carbocycles. The Labute approximate surface area is 105 Å². The third kappa shape index (κ3) is 4.22. The second kappa shape index (κ2) is 5.85. The van der Waals surface area contributed by atoms with Gasteiger partial charge in [-0.25, -0.2) is 0 Å². The summed E-state index contributed by atoms with van der Waals surface area (Å²) < 4.78 is 0. The van der Waals surface area contributed by atoms with E-state index in [-0.39, 0.29) is 11.4 Å². The lowest BCUT2D eigenvalue weighted by Crippen LogP contribution is -2.46. The third-order valence-corrected chi connectivity index (χ3v) is 2.76. The Kier molecular flexibility index (Phi) is 4.73. The van der Waals surface area contributed by atoms with Gasteiger partial charge in [0.25, 0.3) is 0 Å². The van der Waals surface area contributed by atoms with Crippen LogP contribution in [0.3, 0.4) is 0 Å². The Balaban J connectivity index is 2.73. The maximum Gasteiger partial charge on any atom is 0.227 e. The van der Waals surface area contributed by atoms with Crippen molar-refractivity contribution in [1.82, 2.24) is 4.90 Å². The highest BCUT2D eigenvalue weighted by Crippen LogP contribution is 2.15. The minimum absolute atomic E-state index is 0.0954. The van der Waals surface area contributed by atoms with Crippen molar-refractivity contribution in [1.29, 1.82) is 0 Å². The highest BCUT2D eigenvalue weighted by Gasteiger charge is 2.25. The van der Waals surface area contributed by atoms with E-state index < -0.39 is 0 Å². The molecule has 0 N–H and O–H groups in total. The molecule has 0 atom stereocenters. The molecule has 0 saturated carbocycles. The lowest BCUT2D eigenvalue weighted by Gasteiger charge is -2.35. The summed E-state index contributed by atoms with van der Waals surface area (Å²) in [5.41, 5.74) is 0.991. The van der Waals surface area contributed by atoms with Gasteiger partial charge in [0.15, 0.2) is 0 Å². The number of benzene rings is 1. The molecule has 0 bridgehead atoms. The van der Waals surface area contributed by atoms with Gasteiger partial charge in [0.2, 0.25) is 5.91 Å². The van der Waals surface area contributed by atoms with Gasteiger partial charge in [-0.2, -0.15) is 0 Å². The molecule has 1 amide bonds. The number of carbonyl (C=O) groups is 1. The van der Waals surface area contributed by atoms with Crippen molar-refractivity contribution in [3.8, 4) is 0 Å². The van der Waals surface area contributed by atoms with E-state index in [9.17, 15) is 4.79 Å². The van der Waals surface area contributed by atoms with E-state index in [1.165, 1.54) is 0 Å². The van der Waals surface area contributed by atoms with Gasteiger partial charge >= 0.3 is 0 Å². The van der Waals surface area contributed by atoms with Gasteiger partial charge in [0.05, 0.1) is 6.42 Å². The molecule has 0 radical (unpaired) electrons. The summed E-state index contributed by atoms with van der Waals surface area (Å²) in [5, 5.41) is 0. The molecule has 0 spiro atoms. The first-order valence-corrected chi connectivity index (χ1v) is 6.29. The molecule has 2 nitrogen and oxygen atoms in total. The first kappa shape index (κ1) is 13.8. The molecule has 0 aromatic heterocycles. The first-order chi connectivity index (χ1) is 7.95. The Bertz CT molecular complexity index is 351. The van der Waals surface area contributed by atoms with Gasteiger partial charge in [-0.1, -0.05) is 37.3 Å². The zero-order chi connectivity index (χ0) is 12.9. The second-order valence-electron chi connectivity index (χ2n) is 5.38. The van der Waals surface area contributed by atoms with Gasteiger partial charge < -0.3 is 4.90 Å². The van der Waals surface area contributed by atoms with Crippen molar-refractivity contribution in [3.63, 3.8) is 0 Å². The lowest BCUT2D eigenvalue weighted by molar-refractivity contribution is -0.135. The second-order valence-corrected chi connectivity index (χ2v) is 5.38. The average molecular weight is 233 g/mol. The minimum atomic E-state index is -0.0954. The highest BCUT2D eigenvalue weighted by atomic mass is 16.2. The number of amides is 1. The molecule has 0 aliphatic carbocycles. The van der Waals surface area contributed by atoms with Crippen molar-refractivity contribution in [3.05, 3.63) is 35.9 Å². The van der Waals surface area contributed by atoms with Crippen molar-refractivity contribution in [2.45, 2.75) is 46.1 Å². The Hall–Kier alpha value is -1.31. The van der Waals surface area contributed by atoms with Crippen LogP contribution >= 0.6 is 0 Å².